The van der Waals surface area contributed by atoms with E-state index in [0.717, 1.165) is 16.2 Å². The van der Waals surface area contributed by atoms with Crippen molar-refractivity contribution in [1.29, 1.82) is 0 Å². The van der Waals surface area contributed by atoms with E-state index in [-0.39, 0.29) is 5.82 Å². The number of rotatable bonds is 2. The molecule has 0 heterocycles. The summed E-state index contributed by atoms with van der Waals surface area (Å²) in [7, 11) is 0. The van der Waals surface area contributed by atoms with Crippen molar-refractivity contribution < 1.29 is 4.39 Å². The quantitative estimate of drug-likeness (QED) is 0.174. The van der Waals surface area contributed by atoms with Crippen LogP contribution in [-0.2, 0) is 0 Å². The topological polar surface area (TPSA) is 0 Å². The van der Waals surface area contributed by atoms with Gasteiger partial charge in [0.05, 0.1) is 0 Å². The Morgan fingerprint density at radius 2 is 0.809 bits per heavy atom. The number of fused-ring (bicyclic) bond motifs is 10. The molecule has 0 nitrogen and oxygen atoms in total. The molecule has 0 atom stereocenters. The summed E-state index contributed by atoms with van der Waals surface area (Å²) in [6.07, 6.45) is 0. The van der Waals surface area contributed by atoms with Crippen LogP contribution in [-0.4, -0.2) is 0 Å². The van der Waals surface area contributed by atoms with Gasteiger partial charge in [-0.15, -0.1) is 0 Å². The van der Waals surface area contributed by atoms with E-state index in [1.807, 2.05) is 6.07 Å². The highest BCUT2D eigenvalue weighted by atomic mass is 19.1. The first-order valence-corrected chi connectivity index (χ1v) is 16.2. The van der Waals surface area contributed by atoms with Crippen LogP contribution in [0.15, 0.2) is 152 Å². The van der Waals surface area contributed by atoms with Gasteiger partial charge in [0.1, 0.15) is 5.82 Å². The predicted octanol–water partition coefficient (Wildman–Crippen LogP) is 13.3. The van der Waals surface area contributed by atoms with Gasteiger partial charge in [-0.05, 0) is 133 Å². The summed E-state index contributed by atoms with van der Waals surface area (Å²) in [5.74, 6) is -0.209. The van der Waals surface area contributed by atoms with Crippen molar-refractivity contribution in [2.45, 2.75) is 0 Å². The van der Waals surface area contributed by atoms with E-state index < -0.39 is 0 Å². The zero-order valence-corrected chi connectivity index (χ0v) is 25.3. The maximum atomic E-state index is 14.7. The molecule has 0 aliphatic heterocycles. The molecule has 47 heavy (non-hydrogen) atoms. The third-order valence-corrected chi connectivity index (χ3v) is 10.5. The third-order valence-electron chi connectivity index (χ3n) is 10.5. The molecule has 0 aliphatic carbocycles. The lowest BCUT2D eigenvalue weighted by molar-refractivity contribution is 0.630. The summed E-state index contributed by atoms with van der Waals surface area (Å²) < 4.78 is 14.7. The Bertz CT molecular complexity index is 3050. The van der Waals surface area contributed by atoms with Crippen molar-refractivity contribution in [3.8, 4) is 22.3 Å². The molecule has 0 N–H and O–H groups in total. The highest BCUT2D eigenvalue weighted by molar-refractivity contribution is 6.46. The van der Waals surface area contributed by atoms with Crippen molar-refractivity contribution in [2.75, 3.05) is 0 Å². The average Bonchev–Trinajstić information content (AvgIpc) is 3.62. The van der Waals surface area contributed by atoms with Gasteiger partial charge in [0.2, 0.25) is 0 Å². The molecule has 0 amide bonds. The number of halogens is 1. The van der Waals surface area contributed by atoms with Crippen molar-refractivity contribution in [1.82, 2.24) is 0 Å². The van der Waals surface area contributed by atoms with E-state index in [9.17, 15) is 4.39 Å². The summed E-state index contributed by atoms with van der Waals surface area (Å²) in [5.41, 5.74) is 4.91. The van der Waals surface area contributed by atoms with Crippen molar-refractivity contribution in [2.24, 2.45) is 0 Å². The molecule has 1 heteroatoms. The number of hydrogen-bond donors (Lipinski definition) is 0. The standard InChI is InChI=1S/C46H25F/c47-29-22-21-28-23-38-43-33(36(28)24-29)18-10-20-35(43)45-40(26-11-3-1-4-12-26)39-25-37-31-16-8-7-15-30(31)32-17-9-19-34(42(32)37)44(39)41(46(38)45)27-13-5-2-6-14-27/h1-25H. The lowest BCUT2D eigenvalue weighted by Crippen LogP contribution is -1.91. The van der Waals surface area contributed by atoms with Crippen LogP contribution in [0.2, 0.25) is 0 Å². The fraction of sp³-hybridized carbons (Fsp3) is 0. The number of hydrogen-bond acceptors (Lipinski definition) is 0. The average molecular weight is 597 g/mol. The van der Waals surface area contributed by atoms with Crippen LogP contribution >= 0.6 is 0 Å². The van der Waals surface area contributed by atoms with Gasteiger partial charge < -0.3 is 0 Å². The Kier molecular flexibility index (Phi) is 4.83. The van der Waals surface area contributed by atoms with Gasteiger partial charge in [-0.25, -0.2) is 4.39 Å². The normalized spacial score (nSPS) is 12.4. The van der Waals surface area contributed by atoms with Gasteiger partial charge in [0.25, 0.3) is 0 Å². The summed E-state index contributed by atoms with van der Waals surface area (Å²) in [6, 6.07) is 54.0. The molecule has 0 aromatic heterocycles. The maximum absolute atomic E-state index is 14.7. The van der Waals surface area contributed by atoms with Crippen molar-refractivity contribution >= 4 is 86.2 Å². The van der Waals surface area contributed by atoms with Gasteiger partial charge in [-0.2, -0.15) is 0 Å². The summed E-state index contributed by atoms with van der Waals surface area (Å²) in [6.45, 7) is 0. The molecular formula is C46H25F. The molecule has 0 aliphatic rings. The van der Waals surface area contributed by atoms with E-state index in [1.165, 1.54) is 92.3 Å². The zero-order valence-electron chi connectivity index (χ0n) is 25.3. The Morgan fingerprint density at radius 1 is 0.277 bits per heavy atom. The van der Waals surface area contributed by atoms with E-state index in [4.69, 9.17) is 0 Å². The molecule has 0 bridgehead atoms. The Morgan fingerprint density at radius 3 is 1.53 bits per heavy atom. The zero-order chi connectivity index (χ0) is 30.8. The van der Waals surface area contributed by atoms with Gasteiger partial charge in [0.15, 0.2) is 0 Å². The van der Waals surface area contributed by atoms with Crippen LogP contribution in [0.1, 0.15) is 0 Å². The molecule has 0 fully saturated rings. The highest BCUT2D eigenvalue weighted by Gasteiger charge is 2.26. The van der Waals surface area contributed by atoms with Crippen molar-refractivity contribution in [3.05, 3.63) is 157 Å². The second kappa shape index (κ2) is 9.02. The fourth-order valence-corrected chi connectivity index (χ4v) is 8.78. The van der Waals surface area contributed by atoms with Crippen LogP contribution in [0.25, 0.3) is 108 Å². The van der Waals surface area contributed by atoms with E-state index in [2.05, 4.69) is 133 Å². The van der Waals surface area contributed by atoms with E-state index in [1.54, 1.807) is 12.1 Å². The number of benzene rings is 9. The van der Waals surface area contributed by atoms with Gasteiger partial charge in [-0.1, -0.05) is 127 Å². The smallest absolute Gasteiger partial charge is 0.123 e. The van der Waals surface area contributed by atoms with Crippen LogP contribution in [0.4, 0.5) is 4.39 Å². The molecule has 0 radical (unpaired) electrons. The minimum atomic E-state index is -0.209. The van der Waals surface area contributed by atoms with Crippen molar-refractivity contribution in [3.63, 3.8) is 0 Å². The van der Waals surface area contributed by atoms with Gasteiger partial charge in [0, 0.05) is 0 Å². The molecular weight excluding hydrogens is 572 g/mol. The van der Waals surface area contributed by atoms with Crippen LogP contribution in [0.5, 0.6) is 0 Å². The lowest BCUT2D eigenvalue weighted by atomic mass is 9.84. The van der Waals surface area contributed by atoms with Crippen LogP contribution < -0.4 is 0 Å². The van der Waals surface area contributed by atoms with E-state index >= 15 is 0 Å². The minimum Gasteiger partial charge on any atom is -0.207 e. The lowest BCUT2D eigenvalue weighted by Gasteiger charge is -2.19. The highest BCUT2D eigenvalue weighted by Crippen LogP contribution is 2.55. The minimum absolute atomic E-state index is 0.209. The molecule has 11 aromatic rings. The molecule has 0 spiro atoms. The Hall–Kier alpha value is -6.05. The second-order valence-electron chi connectivity index (χ2n) is 12.9. The van der Waals surface area contributed by atoms with Crippen LogP contribution in [0, 0.1) is 5.82 Å². The summed E-state index contributed by atoms with van der Waals surface area (Å²) in [5, 5.41) is 19.6. The van der Waals surface area contributed by atoms with Gasteiger partial charge >= 0.3 is 0 Å². The molecule has 0 saturated heterocycles. The van der Waals surface area contributed by atoms with Crippen LogP contribution in [0.3, 0.4) is 0 Å². The Labute approximate surface area is 269 Å². The second-order valence-corrected chi connectivity index (χ2v) is 12.9. The first-order chi connectivity index (χ1) is 23.3. The maximum Gasteiger partial charge on any atom is 0.123 e. The molecule has 11 aromatic carbocycles. The molecule has 0 unspecified atom stereocenters. The first kappa shape index (κ1) is 25.2. The largest absolute Gasteiger partial charge is 0.207 e. The summed E-state index contributed by atoms with van der Waals surface area (Å²) >= 11 is 0. The van der Waals surface area contributed by atoms with E-state index in [0.29, 0.717) is 0 Å². The summed E-state index contributed by atoms with van der Waals surface area (Å²) in [4.78, 5) is 0. The monoisotopic (exact) mass is 596 g/mol. The Balaban J connectivity index is 1.53. The molecule has 216 valence electrons. The van der Waals surface area contributed by atoms with Gasteiger partial charge in [-0.3, -0.25) is 0 Å². The molecule has 0 saturated carbocycles. The fourth-order valence-electron chi connectivity index (χ4n) is 8.78. The molecule has 11 rings (SSSR count). The third kappa shape index (κ3) is 3.21. The predicted molar refractivity (Wildman–Crippen MR) is 200 cm³/mol. The SMILES string of the molecule is Fc1ccc2cc3c4c(-c5ccccc5)c5c(cc6c7ccccc7c7cccc5c76)c(-c5ccccc5)c4c4cccc(c2c1)c43. The first-order valence-electron chi connectivity index (χ1n) is 16.2.